The van der Waals surface area contributed by atoms with Crippen LogP contribution >= 0.6 is 0 Å². The summed E-state index contributed by atoms with van der Waals surface area (Å²) in [5.41, 5.74) is 2.36. The topological polar surface area (TPSA) is 50.7 Å². The summed E-state index contributed by atoms with van der Waals surface area (Å²) in [5, 5.41) is 12.4. The predicted molar refractivity (Wildman–Crippen MR) is 60.1 cm³/mol. The van der Waals surface area contributed by atoms with Gasteiger partial charge in [-0.05, 0) is 30.4 Å². The average Bonchev–Trinajstić information content (AvgIpc) is 2.74. The Kier molecular flexibility index (Phi) is 2.36. The third-order valence-corrected chi connectivity index (χ3v) is 3.27. The van der Waals surface area contributed by atoms with E-state index in [1.807, 2.05) is 12.1 Å². The number of fused-ring (bicyclic) bond motifs is 2. The zero-order chi connectivity index (χ0) is 11.0. The van der Waals surface area contributed by atoms with Crippen LogP contribution in [0.4, 0.5) is 5.69 Å². The van der Waals surface area contributed by atoms with Gasteiger partial charge in [-0.3, -0.25) is 0 Å². The highest BCUT2D eigenvalue weighted by atomic mass is 16.7. The van der Waals surface area contributed by atoms with Gasteiger partial charge in [-0.25, -0.2) is 0 Å². The molecule has 4 heteroatoms. The summed E-state index contributed by atoms with van der Waals surface area (Å²) >= 11 is 0. The minimum absolute atomic E-state index is 0.235. The maximum atomic E-state index is 9.06. The highest BCUT2D eigenvalue weighted by Gasteiger charge is 2.24. The number of benzene rings is 1. The summed E-state index contributed by atoms with van der Waals surface area (Å²) in [6.07, 6.45) is 1.88. The lowest BCUT2D eigenvalue weighted by Gasteiger charge is -2.26. The Bertz CT molecular complexity index is 405. The fourth-order valence-electron chi connectivity index (χ4n) is 2.44. The first-order valence-corrected chi connectivity index (χ1v) is 5.67. The summed E-state index contributed by atoms with van der Waals surface area (Å²) in [4.78, 5) is 0. The number of aliphatic hydroxyl groups excluding tert-OH is 1. The predicted octanol–water partition coefficient (Wildman–Crippen LogP) is 1.70. The minimum atomic E-state index is 0.235. The Balaban J connectivity index is 2.00. The van der Waals surface area contributed by atoms with E-state index in [4.69, 9.17) is 14.6 Å². The molecule has 1 unspecified atom stereocenters. The molecule has 16 heavy (non-hydrogen) atoms. The van der Waals surface area contributed by atoms with Crippen LogP contribution in [-0.2, 0) is 0 Å². The van der Waals surface area contributed by atoms with E-state index in [1.54, 1.807) is 0 Å². The molecule has 2 heterocycles. The van der Waals surface area contributed by atoms with Gasteiger partial charge < -0.3 is 19.9 Å². The molecule has 4 nitrogen and oxygen atoms in total. The van der Waals surface area contributed by atoms with Gasteiger partial charge in [-0.2, -0.15) is 0 Å². The van der Waals surface area contributed by atoms with Crippen LogP contribution in [0.5, 0.6) is 11.5 Å². The van der Waals surface area contributed by atoms with E-state index in [1.165, 1.54) is 5.56 Å². The van der Waals surface area contributed by atoms with Crippen LogP contribution in [0.3, 0.4) is 0 Å². The number of ether oxygens (including phenoxy) is 2. The fraction of sp³-hybridized carbons (Fsp3) is 0.500. The van der Waals surface area contributed by atoms with Gasteiger partial charge in [0.1, 0.15) is 0 Å². The van der Waals surface area contributed by atoms with Crippen LogP contribution < -0.4 is 14.8 Å². The zero-order valence-electron chi connectivity index (χ0n) is 9.03. The van der Waals surface area contributed by atoms with E-state index in [0.717, 1.165) is 36.6 Å². The van der Waals surface area contributed by atoms with Crippen molar-refractivity contribution < 1.29 is 14.6 Å². The molecule has 2 aliphatic heterocycles. The second-order valence-electron chi connectivity index (χ2n) is 4.22. The lowest BCUT2D eigenvalue weighted by Crippen LogP contribution is -2.17. The summed E-state index contributed by atoms with van der Waals surface area (Å²) in [7, 11) is 0. The number of aliphatic hydroxyl groups is 1. The largest absolute Gasteiger partial charge is 0.454 e. The zero-order valence-corrected chi connectivity index (χ0v) is 9.03. The quantitative estimate of drug-likeness (QED) is 0.798. The van der Waals surface area contributed by atoms with Crippen LogP contribution in [-0.4, -0.2) is 25.1 Å². The van der Waals surface area contributed by atoms with Gasteiger partial charge >= 0.3 is 0 Å². The van der Waals surface area contributed by atoms with Crippen molar-refractivity contribution in [2.75, 3.05) is 25.3 Å². The molecular weight excluding hydrogens is 206 g/mol. The fourth-order valence-corrected chi connectivity index (χ4v) is 2.44. The van der Waals surface area contributed by atoms with Crippen molar-refractivity contribution in [3.63, 3.8) is 0 Å². The van der Waals surface area contributed by atoms with Gasteiger partial charge in [0.05, 0.1) is 0 Å². The van der Waals surface area contributed by atoms with Crippen LogP contribution in [0.2, 0.25) is 0 Å². The standard InChI is InChI=1S/C12H15NO3/c14-4-2-8-1-3-13-10-6-12-11(5-9(8)10)15-7-16-12/h5-6,8,13-14H,1-4,7H2. The third-order valence-electron chi connectivity index (χ3n) is 3.27. The Morgan fingerprint density at radius 2 is 2.12 bits per heavy atom. The molecule has 0 aliphatic carbocycles. The summed E-state index contributed by atoms with van der Waals surface area (Å²) in [5.74, 6) is 2.07. The smallest absolute Gasteiger partial charge is 0.231 e. The lowest BCUT2D eigenvalue weighted by molar-refractivity contribution is 0.174. The van der Waals surface area contributed by atoms with Crippen molar-refractivity contribution in [2.24, 2.45) is 0 Å². The molecule has 0 radical (unpaired) electrons. The normalized spacial score (nSPS) is 21.4. The molecule has 0 amide bonds. The van der Waals surface area contributed by atoms with E-state index in [-0.39, 0.29) is 6.61 Å². The van der Waals surface area contributed by atoms with Crippen molar-refractivity contribution in [1.82, 2.24) is 0 Å². The van der Waals surface area contributed by atoms with Crippen molar-refractivity contribution in [3.05, 3.63) is 17.7 Å². The molecule has 2 N–H and O–H groups in total. The lowest BCUT2D eigenvalue weighted by atomic mass is 9.88. The number of hydrogen-bond donors (Lipinski definition) is 2. The molecule has 0 fully saturated rings. The molecule has 0 saturated carbocycles. The Hall–Kier alpha value is -1.42. The van der Waals surface area contributed by atoms with E-state index < -0.39 is 0 Å². The van der Waals surface area contributed by atoms with E-state index >= 15 is 0 Å². The Morgan fingerprint density at radius 3 is 2.94 bits per heavy atom. The highest BCUT2D eigenvalue weighted by Crippen LogP contribution is 2.43. The molecular formula is C12H15NO3. The van der Waals surface area contributed by atoms with Gasteiger partial charge in [0.15, 0.2) is 11.5 Å². The monoisotopic (exact) mass is 221 g/mol. The van der Waals surface area contributed by atoms with Gasteiger partial charge in [0.2, 0.25) is 6.79 Å². The number of anilines is 1. The van der Waals surface area contributed by atoms with E-state index in [9.17, 15) is 0 Å². The molecule has 86 valence electrons. The molecule has 1 aromatic rings. The molecule has 1 atom stereocenters. The summed E-state index contributed by atoms with van der Waals surface area (Å²) in [6, 6.07) is 4.05. The van der Waals surface area contributed by atoms with Gasteiger partial charge in [0, 0.05) is 24.9 Å². The van der Waals surface area contributed by atoms with Gasteiger partial charge in [0.25, 0.3) is 0 Å². The maximum absolute atomic E-state index is 9.06. The van der Waals surface area contributed by atoms with Crippen molar-refractivity contribution in [1.29, 1.82) is 0 Å². The van der Waals surface area contributed by atoms with E-state index in [2.05, 4.69) is 5.32 Å². The van der Waals surface area contributed by atoms with Crippen molar-refractivity contribution >= 4 is 5.69 Å². The first-order chi connectivity index (χ1) is 7.88. The number of hydrogen-bond acceptors (Lipinski definition) is 4. The molecule has 2 aliphatic rings. The van der Waals surface area contributed by atoms with Crippen LogP contribution in [0, 0.1) is 0 Å². The van der Waals surface area contributed by atoms with Gasteiger partial charge in [-0.15, -0.1) is 0 Å². The van der Waals surface area contributed by atoms with Crippen LogP contribution in [0.25, 0.3) is 0 Å². The van der Waals surface area contributed by atoms with E-state index in [0.29, 0.717) is 12.7 Å². The molecule has 0 aromatic heterocycles. The molecule has 1 aromatic carbocycles. The highest BCUT2D eigenvalue weighted by molar-refractivity contribution is 5.63. The van der Waals surface area contributed by atoms with Crippen LogP contribution in [0.1, 0.15) is 24.3 Å². The molecule has 3 rings (SSSR count). The molecule has 0 saturated heterocycles. The molecule has 0 bridgehead atoms. The summed E-state index contributed by atoms with van der Waals surface area (Å²) in [6.45, 7) is 1.50. The van der Waals surface area contributed by atoms with Crippen molar-refractivity contribution in [3.8, 4) is 11.5 Å². The number of rotatable bonds is 2. The Labute approximate surface area is 94.2 Å². The number of nitrogens with one attached hydrogen (secondary N) is 1. The van der Waals surface area contributed by atoms with Crippen molar-refractivity contribution in [2.45, 2.75) is 18.8 Å². The second kappa shape index (κ2) is 3.87. The van der Waals surface area contributed by atoms with Gasteiger partial charge in [-0.1, -0.05) is 0 Å². The molecule has 0 spiro atoms. The first-order valence-electron chi connectivity index (χ1n) is 5.67. The SMILES string of the molecule is OCCC1CCNc2cc3c(cc21)OCO3. The average molecular weight is 221 g/mol. The Morgan fingerprint density at radius 1 is 1.31 bits per heavy atom. The third kappa shape index (κ3) is 1.50. The summed E-state index contributed by atoms with van der Waals surface area (Å²) < 4.78 is 10.7. The minimum Gasteiger partial charge on any atom is -0.454 e. The maximum Gasteiger partial charge on any atom is 0.231 e. The second-order valence-corrected chi connectivity index (χ2v) is 4.22. The van der Waals surface area contributed by atoms with Crippen LogP contribution in [0.15, 0.2) is 12.1 Å². The first kappa shape index (κ1) is 9.78.